The van der Waals surface area contributed by atoms with Crippen LogP contribution in [0.3, 0.4) is 0 Å². The predicted octanol–water partition coefficient (Wildman–Crippen LogP) is 2.33. The monoisotopic (exact) mass is 320 g/mol. The average Bonchev–Trinajstić information content (AvgIpc) is 3.45. The van der Waals surface area contributed by atoms with E-state index in [2.05, 4.69) is 38.0 Å². The quantitative estimate of drug-likeness (QED) is 0.542. The summed E-state index contributed by atoms with van der Waals surface area (Å²) in [7, 11) is 1.85. The molecule has 0 bridgehead atoms. The van der Waals surface area contributed by atoms with E-state index in [0.29, 0.717) is 0 Å². The highest BCUT2D eigenvalue weighted by Gasteiger charge is 2.33. The predicted molar refractivity (Wildman–Crippen MR) is 94.7 cm³/mol. The Morgan fingerprint density at radius 2 is 2.09 bits per heavy atom. The molecule has 0 spiro atoms. The molecule has 0 atom stereocenters. The van der Waals surface area contributed by atoms with Crippen molar-refractivity contribution in [3.05, 3.63) is 22.4 Å². The van der Waals surface area contributed by atoms with Gasteiger partial charge in [-0.25, -0.2) is 0 Å². The molecule has 1 aromatic rings. The molecule has 0 saturated heterocycles. The van der Waals surface area contributed by atoms with Gasteiger partial charge >= 0.3 is 0 Å². The maximum atomic E-state index is 4.32. The molecule has 2 fully saturated rings. The van der Waals surface area contributed by atoms with E-state index in [1.165, 1.54) is 37.1 Å². The van der Waals surface area contributed by atoms with Crippen LogP contribution in [0, 0.1) is 5.92 Å². The van der Waals surface area contributed by atoms with Crippen molar-refractivity contribution in [1.29, 1.82) is 0 Å². The topological polar surface area (TPSA) is 39.7 Å². The lowest BCUT2D eigenvalue weighted by atomic mass is 10.3. The molecule has 1 heterocycles. The number of guanidine groups is 1. The van der Waals surface area contributed by atoms with Gasteiger partial charge < -0.3 is 10.6 Å². The van der Waals surface area contributed by atoms with Gasteiger partial charge in [0.15, 0.2) is 5.96 Å². The smallest absolute Gasteiger partial charge is 0.191 e. The van der Waals surface area contributed by atoms with Crippen LogP contribution in [0.2, 0.25) is 0 Å². The number of nitrogens with zero attached hydrogens (tertiary/aromatic N) is 2. The highest BCUT2D eigenvalue weighted by Crippen LogP contribution is 2.34. The second kappa shape index (κ2) is 7.97. The van der Waals surface area contributed by atoms with Crippen LogP contribution in [0.25, 0.3) is 0 Å². The van der Waals surface area contributed by atoms with E-state index in [9.17, 15) is 0 Å². The molecule has 0 aliphatic heterocycles. The lowest BCUT2D eigenvalue weighted by molar-refractivity contribution is 0.256. The molecular weight excluding hydrogens is 292 g/mol. The summed E-state index contributed by atoms with van der Waals surface area (Å²) in [6, 6.07) is 5.17. The number of hydrogen-bond acceptors (Lipinski definition) is 3. The Balaban J connectivity index is 1.31. The first-order valence-electron chi connectivity index (χ1n) is 8.56. The summed E-state index contributed by atoms with van der Waals surface area (Å²) in [6.07, 6.45) is 6.76. The summed E-state index contributed by atoms with van der Waals surface area (Å²) < 4.78 is 0. The molecule has 0 unspecified atom stereocenters. The fraction of sp³-hybridized carbons (Fsp3) is 0.706. The van der Waals surface area contributed by atoms with Gasteiger partial charge in [0, 0.05) is 44.1 Å². The van der Waals surface area contributed by atoms with Crippen molar-refractivity contribution < 1.29 is 0 Å². The second-order valence-electron chi connectivity index (χ2n) is 6.42. The van der Waals surface area contributed by atoms with Crippen LogP contribution in [0.4, 0.5) is 0 Å². The number of thiophene rings is 1. The standard InChI is InChI=1S/C17H28N4S/c1-18-17(19-9-8-16-3-2-12-22-16)20-10-11-21(15-6-7-15)13-14-4-5-14/h2-3,12,14-15H,4-11,13H2,1H3,(H2,18,19,20). The molecule has 0 aromatic carbocycles. The molecule has 5 heteroatoms. The Hall–Kier alpha value is -1.07. The maximum Gasteiger partial charge on any atom is 0.191 e. The summed E-state index contributed by atoms with van der Waals surface area (Å²) in [6.45, 7) is 4.39. The van der Waals surface area contributed by atoms with Crippen molar-refractivity contribution in [3.8, 4) is 0 Å². The SMILES string of the molecule is CN=C(NCCc1cccs1)NCCN(CC1CC1)C1CC1. The van der Waals surface area contributed by atoms with Crippen LogP contribution in [-0.4, -0.2) is 50.1 Å². The van der Waals surface area contributed by atoms with Gasteiger partial charge in [0.1, 0.15) is 0 Å². The van der Waals surface area contributed by atoms with Gasteiger partial charge in [0.2, 0.25) is 0 Å². The summed E-state index contributed by atoms with van der Waals surface area (Å²) in [4.78, 5) is 8.42. The van der Waals surface area contributed by atoms with Gasteiger partial charge in [-0.1, -0.05) is 6.07 Å². The Bertz CT molecular complexity index is 463. The van der Waals surface area contributed by atoms with Crippen LogP contribution in [0.1, 0.15) is 30.6 Å². The zero-order valence-electron chi connectivity index (χ0n) is 13.6. The summed E-state index contributed by atoms with van der Waals surface area (Å²) in [5.41, 5.74) is 0. The van der Waals surface area contributed by atoms with E-state index in [1.807, 2.05) is 18.4 Å². The van der Waals surface area contributed by atoms with Crippen LogP contribution >= 0.6 is 11.3 Å². The molecule has 2 saturated carbocycles. The van der Waals surface area contributed by atoms with Crippen molar-refractivity contribution in [3.63, 3.8) is 0 Å². The number of nitrogens with one attached hydrogen (secondary N) is 2. The molecule has 3 rings (SSSR count). The lowest BCUT2D eigenvalue weighted by Gasteiger charge is -2.22. The van der Waals surface area contributed by atoms with Gasteiger partial charge in [-0.15, -0.1) is 11.3 Å². The fourth-order valence-corrected chi connectivity index (χ4v) is 3.50. The fourth-order valence-electron chi connectivity index (χ4n) is 2.79. The Morgan fingerprint density at radius 1 is 1.27 bits per heavy atom. The summed E-state index contributed by atoms with van der Waals surface area (Å²) in [5.74, 6) is 1.92. The molecule has 0 amide bonds. The van der Waals surface area contributed by atoms with E-state index in [1.54, 1.807) is 0 Å². The van der Waals surface area contributed by atoms with Gasteiger partial charge in [0.05, 0.1) is 0 Å². The lowest BCUT2D eigenvalue weighted by Crippen LogP contribution is -2.43. The first kappa shape index (κ1) is 15.8. The van der Waals surface area contributed by atoms with Gasteiger partial charge in [-0.2, -0.15) is 0 Å². The number of aliphatic imine (C=N–C) groups is 1. The van der Waals surface area contributed by atoms with Crippen molar-refractivity contribution in [1.82, 2.24) is 15.5 Å². The Kier molecular flexibility index (Phi) is 5.73. The third-order valence-corrected chi connectivity index (χ3v) is 5.35. The molecule has 4 nitrogen and oxygen atoms in total. The minimum Gasteiger partial charge on any atom is -0.356 e. The molecule has 122 valence electrons. The second-order valence-corrected chi connectivity index (χ2v) is 7.46. The number of hydrogen-bond donors (Lipinski definition) is 2. The van der Waals surface area contributed by atoms with Crippen LogP contribution in [0.5, 0.6) is 0 Å². The summed E-state index contributed by atoms with van der Waals surface area (Å²) in [5, 5.41) is 9.00. The van der Waals surface area contributed by atoms with Gasteiger partial charge in [-0.05, 0) is 49.5 Å². The normalized spacial score (nSPS) is 18.7. The first-order valence-corrected chi connectivity index (χ1v) is 9.44. The van der Waals surface area contributed by atoms with Crippen LogP contribution < -0.4 is 10.6 Å². The van der Waals surface area contributed by atoms with Gasteiger partial charge in [-0.3, -0.25) is 9.89 Å². The Labute approximate surface area is 138 Å². The van der Waals surface area contributed by atoms with E-state index in [0.717, 1.165) is 44.0 Å². The van der Waals surface area contributed by atoms with Crippen LogP contribution in [-0.2, 0) is 6.42 Å². The average molecular weight is 321 g/mol. The minimum atomic E-state index is 0.871. The van der Waals surface area contributed by atoms with Gasteiger partial charge in [0.25, 0.3) is 0 Å². The van der Waals surface area contributed by atoms with Crippen LogP contribution in [0.15, 0.2) is 22.5 Å². The molecule has 2 aliphatic carbocycles. The molecular formula is C17H28N4S. The number of rotatable bonds is 9. The Morgan fingerprint density at radius 3 is 2.73 bits per heavy atom. The van der Waals surface area contributed by atoms with E-state index < -0.39 is 0 Å². The first-order chi connectivity index (χ1) is 10.8. The zero-order chi connectivity index (χ0) is 15.2. The van der Waals surface area contributed by atoms with Crippen molar-refractivity contribution in [2.24, 2.45) is 10.9 Å². The molecule has 22 heavy (non-hydrogen) atoms. The molecule has 2 N–H and O–H groups in total. The minimum absolute atomic E-state index is 0.871. The van der Waals surface area contributed by atoms with E-state index in [-0.39, 0.29) is 0 Å². The van der Waals surface area contributed by atoms with Crippen molar-refractivity contribution in [2.45, 2.75) is 38.1 Å². The maximum absolute atomic E-state index is 4.32. The largest absolute Gasteiger partial charge is 0.356 e. The van der Waals surface area contributed by atoms with E-state index >= 15 is 0 Å². The molecule has 0 radical (unpaired) electrons. The van der Waals surface area contributed by atoms with Crippen molar-refractivity contribution in [2.75, 3.05) is 33.2 Å². The third-order valence-electron chi connectivity index (χ3n) is 4.41. The summed E-state index contributed by atoms with van der Waals surface area (Å²) >= 11 is 1.82. The highest BCUT2D eigenvalue weighted by molar-refractivity contribution is 7.09. The zero-order valence-corrected chi connectivity index (χ0v) is 14.4. The molecule has 1 aromatic heterocycles. The van der Waals surface area contributed by atoms with Crippen molar-refractivity contribution >= 4 is 17.3 Å². The van der Waals surface area contributed by atoms with E-state index in [4.69, 9.17) is 0 Å². The highest BCUT2D eigenvalue weighted by atomic mass is 32.1. The molecule has 2 aliphatic rings. The third kappa shape index (κ3) is 5.29.